The Hall–Kier alpha value is -0.820. The van der Waals surface area contributed by atoms with Gasteiger partial charge in [-0.3, -0.25) is 0 Å². The second-order valence-corrected chi connectivity index (χ2v) is 5.26. The van der Waals surface area contributed by atoms with Gasteiger partial charge in [0.2, 0.25) is 0 Å². The van der Waals surface area contributed by atoms with E-state index in [0.29, 0.717) is 17.4 Å². The smallest absolute Gasteiger partial charge is 0.0139 e. The van der Waals surface area contributed by atoms with E-state index in [1.54, 1.807) is 0 Å². The normalized spacial score (nSPS) is 20.3. The SMILES string of the molecule is CC(C)CC(N)C1(c2ccccc2)CC1. The van der Waals surface area contributed by atoms with Crippen molar-refractivity contribution in [2.75, 3.05) is 0 Å². The lowest BCUT2D eigenvalue weighted by molar-refractivity contribution is 0.420. The molecular formula is C14H21N. The van der Waals surface area contributed by atoms with Crippen molar-refractivity contribution < 1.29 is 0 Å². The van der Waals surface area contributed by atoms with Gasteiger partial charge in [0, 0.05) is 11.5 Å². The maximum absolute atomic E-state index is 6.35. The van der Waals surface area contributed by atoms with Gasteiger partial charge in [-0.05, 0) is 30.7 Å². The van der Waals surface area contributed by atoms with Crippen LogP contribution in [0.2, 0.25) is 0 Å². The summed E-state index contributed by atoms with van der Waals surface area (Å²) in [5, 5.41) is 0. The number of rotatable bonds is 4. The van der Waals surface area contributed by atoms with E-state index in [1.807, 2.05) is 0 Å². The fraction of sp³-hybridized carbons (Fsp3) is 0.571. The van der Waals surface area contributed by atoms with Crippen LogP contribution in [0.25, 0.3) is 0 Å². The molecule has 0 aromatic heterocycles. The van der Waals surface area contributed by atoms with E-state index in [0.717, 1.165) is 6.42 Å². The Bertz CT molecular complexity index is 311. The zero-order valence-electron chi connectivity index (χ0n) is 9.74. The summed E-state index contributed by atoms with van der Waals surface area (Å²) in [6, 6.07) is 11.1. The molecule has 0 bridgehead atoms. The summed E-state index contributed by atoms with van der Waals surface area (Å²) in [6.45, 7) is 4.50. The predicted octanol–water partition coefficient (Wildman–Crippen LogP) is 3.09. The molecule has 15 heavy (non-hydrogen) atoms. The highest BCUT2D eigenvalue weighted by Crippen LogP contribution is 2.51. The summed E-state index contributed by atoms with van der Waals surface area (Å²) in [5.41, 5.74) is 8.10. The number of hydrogen-bond donors (Lipinski definition) is 1. The molecule has 1 fully saturated rings. The van der Waals surface area contributed by atoms with E-state index in [1.165, 1.54) is 18.4 Å². The first-order valence-electron chi connectivity index (χ1n) is 5.96. The molecule has 1 aromatic rings. The highest BCUT2D eigenvalue weighted by Gasteiger charge is 2.48. The average molecular weight is 203 g/mol. The maximum atomic E-state index is 6.35. The Morgan fingerprint density at radius 1 is 1.20 bits per heavy atom. The van der Waals surface area contributed by atoms with Crippen molar-refractivity contribution in [1.82, 2.24) is 0 Å². The van der Waals surface area contributed by atoms with Crippen molar-refractivity contribution in [2.45, 2.75) is 44.6 Å². The Balaban J connectivity index is 2.14. The number of nitrogens with two attached hydrogens (primary N) is 1. The van der Waals surface area contributed by atoms with E-state index in [-0.39, 0.29) is 0 Å². The monoisotopic (exact) mass is 203 g/mol. The Morgan fingerprint density at radius 3 is 2.27 bits per heavy atom. The van der Waals surface area contributed by atoms with E-state index < -0.39 is 0 Å². The third-order valence-electron chi connectivity index (χ3n) is 3.57. The lowest BCUT2D eigenvalue weighted by Crippen LogP contribution is -2.35. The molecule has 0 radical (unpaired) electrons. The van der Waals surface area contributed by atoms with Crippen LogP contribution in [0.1, 0.15) is 38.7 Å². The molecule has 1 aliphatic rings. The van der Waals surface area contributed by atoms with Gasteiger partial charge in [-0.25, -0.2) is 0 Å². The minimum atomic E-state index is 0.311. The summed E-state index contributed by atoms with van der Waals surface area (Å²) in [7, 11) is 0. The van der Waals surface area contributed by atoms with Crippen LogP contribution in [0.4, 0.5) is 0 Å². The minimum absolute atomic E-state index is 0.311. The molecule has 2 N–H and O–H groups in total. The molecule has 2 rings (SSSR count). The molecule has 0 aliphatic heterocycles. The van der Waals surface area contributed by atoms with Crippen molar-refractivity contribution in [3.8, 4) is 0 Å². The Kier molecular flexibility index (Phi) is 2.83. The number of benzene rings is 1. The van der Waals surface area contributed by atoms with Gasteiger partial charge in [0.05, 0.1) is 0 Å². The topological polar surface area (TPSA) is 26.0 Å². The summed E-state index contributed by atoms with van der Waals surface area (Å²) >= 11 is 0. The van der Waals surface area contributed by atoms with Crippen molar-refractivity contribution in [1.29, 1.82) is 0 Å². The lowest BCUT2D eigenvalue weighted by atomic mass is 9.84. The van der Waals surface area contributed by atoms with E-state index >= 15 is 0 Å². The van der Waals surface area contributed by atoms with E-state index in [9.17, 15) is 0 Å². The van der Waals surface area contributed by atoms with Crippen molar-refractivity contribution >= 4 is 0 Å². The first kappa shape index (κ1) is 10.7. The van der Waals surface area contributed by atoms with Crippen LogP contribution in [0, 0.1) is 5.92 Å². The van der Waals surface area contributed by atoms with Crippen LogP contribution in [0.3, 0.4) is 0 Å². The Morgan fingerprint density at radius 2 is 1.80 bits per heavy atom. The standard InChI is InChI=1S/C14H21N/c1-11(2)10-13(15)14(8-9-14)12-6-4-3-5-7-12/h3-7,11,13H,8-10,15H2,1-2H3. The molecule has 1 atom stereocenters. The van der Waals surface area contributed by atoms with Crippen molar-refractivity contribution in [2.24, 2.45) is 11.7 Å². The van der Waals surface area contributed by atoms with Crippen LogP contribution < -0.4 is 5.73 Å². The van der Waals surface area contributed by atoms with Crippen LogP contribution in [-0.4, -0.2) is 6.04 Å². The second kappa shape index (κ2) is 3.97. The van der Waals surface area contributed by atoms with E-state index in [4.69, 9.17) is 5.73 Å². The molecule has 1 aromatic carbocycles. The van der Waals surface area contributed by atoms with E-state index in [2.05, 4.69) is 44.2 Å². The summed E-state index contributed by atoms with van der Waals surface area (Å²) in [5.74, 6) is 0.696. The maximum Gasteiger partial charge on any atom is 0.0139 e. The highest BCUT2D eigenvalue weighted by atomic mass is 14.7. The largest absolute Gasteiger partial charge is 0.327 e. The molecule has 1 saturated carbocycles. The van der Waals surface area contributed by atoms with Gasteiger partial charge < -0.3 is 5.73 Å². The summed E-state index contributed by atoms with van der Waals surface area (Å²) < 4.78 is 0. The van der Waals surface area contributed by atoms with Crippen LogP contribution in [-0.2, 0) is 5.41 Å². The fourth-order valence-electron chi connectivity index (χ4n) is 2.51. The third-order valence-corrected chi connectivity index (χ3v) is 3.57. The molecule has 0 amide bonds. The zero-order valence-corrected chi connectivity index (χ0v) is 9.74. The molecule has 0 saturated heterocycles. The van der Waals surface area contributed by atoms with Gasteiger partial charge in [-0.1, -0.05) is 44.2 Å². The van der Waals surface area contributed by atoms with Crippen LogP contribution in [0.5, 0.6) is 0 Å². The van der Waals surface area contributed by atoms with Crippen LogP contribution >= 0.6 is 0 Å². The van der Waals surface area contributed by atoms with Gasteiger partial charge >= 0.3 is 0 Å². The highest BCUT2D eigenvalue weighted by molar-refractivity contribution is 5.33. The molecular weight excluding hydrogens is 182 g/mol. The van der Waals surface area contributed by atoms with Crippen molar-refractivity contribution in [3.05, 3.63) is 35.9 Å². The van der Waals surface area contributed by atoms with Gasteiger partial charge in [0.25, 0.3) is 0 Å². The number of hydrogen-bond acceptors (Lipinski definition) is 1. The molecule has 1 aliphatic carbocycles. The average Bonchev–Trinajstić information content (AvgIpc) is 2.99. The molecule has 1 nitrogen and oxygen atoms in total. The van der Waals surface area contributed by atoms with Crippen LogP contribution in [0.15, 0.2) is 30.3 Å². The minimum Gasteiger partial charge on any atom is -0.327 e. The molecule has 82 valence electrons. The van der Waals surface area contributed by atoms with Crippen molar-refractivity contribution in [3.63, 3.8) is 0 Å². The van der Waals surface area contributed by atoms with Gasteiger partial charge in [0.1, 0.15) is 0 Å². The fourth-order valence-corrected chi connectivity index (χ4v) is 2.51. The molecule has 1 heteroatoms. The molecule has 0 spiro atoms. The predicted molar refractivity (Wildman–Crippen MR) is 64.8 cm³/mol. The first-order valence-corrected chi connectivity index (χ1v) is 5.96. The quantitative estimate of drug-likeness (QED) is 0.799. The zero-order chi connectivity index (χ0) is 10.9. The second-order valence-electron chi connectivity index (χ2n) is 5.26. The molecule has 0 heterocycles. The van der Waals surface area contributed by atoms with Gasteiger partial charge in [0.15, 0.2) is 0 Å². The Labute approximate surface area is 92.7 Å². The van der Waals surface area contributed by atoms with Gasteiger partial charge in [-0.2, -0.15) is 0 Å². The van der Waals surface area contributed by atoms with Gasteiger partial charge in [-0.15, -0.1) is 0 Å². The summed E-state index contributed by atoms with van der Waals surface area (Å²) in [4.78, 5) is 0. The summed E-state index contributed by atoms with van der Waals surface area (Å²) in [6.07, 6.45) is 3.67. The molecule has 1 unspecified atom stereocenters. The first-order chi connectivity index (χ1) is 7.15. The third kappa shape index (κ3) is 2.07. The lowest BCUT2D eigenvalue weighted by Gasteiger charge is -2.25.